The Hall–Kier alpha value is -2.36. The molecule has 0 saturated carbocycles. The van der Waals surface area contributed by atoms with Gasteiger partial charge < -0.3 is 19.5 Å². The average Bonchev–Trinajstić information content (AvgIpc) is 2.52. The SMILES string of the molecule is COc1cccc(CNc2ccc(OC)c(OC)c2)c1. The lowest BCUT2D eigenvalue weighted by Gasteiger charge is -2.11. The van der Waals surface area contributed by atoms with Gasteiger partial charge in [-0.2, -0.15) is 0 Å². The van der Waals surface area contributed by atoms with Gasteiger partial charge in [0.2, 0.25) is 0 Å². The number of rotatable bonds is 6. The van der Waals surface area contributed by atoms with Gasteiger partial charge in [0.15, 0.2) is 11.5 Å². The number of benzene rings is 2. The monoisotopic (exact) mass is 273 g/mol. The summed E-state index contributed by atoms with van der Waals surface area (Å²) in [6.45, 7) is 0.715. The van der Waals surface area contributed by atoms with Crippen molar-refractivity contribution in [1.29, 1.82) is 0 Å². The topological polar surface area (TPSA) is 39.7 Å². The van der Waals surface area contributed by atoms with E-state index in [4.69, 9.17) is 14.2 Å². The second-order valence-electron chi connectivity index (χ2n) is 4.27. The van der Waals surface area contributed by atoms with Gasteiger partial charge in [-0.15, -0.1) is 0 Å². The Bertz CT molecular complexity index is 569. The maximum Gasteiger partial charge on any atom is 0.162 e. The van der Waals surface area contributed by atoms with Crippen LogP contribution in [0.25, 0.3) is 0 Å². The van der Waals surface area contributed by atoms with E-state index < -0.39 is 0 Å². The molecule has 2 aromatic carbocycles. The Balaban J connectivity index is 2.06. The summed E-state index contributed by atoms with van der Waals surface area (Å²) in [5, 5.41) is 3.35. The van der Waals surface area contributed by atoms with Crippen LogP contribution >= 0.6 is 0 Å². The van der Waals surface area contributed by atoms with Crippen molar-refractivity contribution in [3.63, 3.8) is 0 Å². The van der Waals surface area contributed by atoms with Crippen LogP contribution in [0.2, 0.25) is 0 Å². The van der Waals surface area contributed by atoms with Gasteiger partial charge in [-0.3, -0.25) is 0 Å². The average molecular weight is 273 g/mol. The molecule has 0 unspecified atom stereocenters. The van der Waals surface area contributed by atoms with Crippen LogP contribution in [-0.4, -0.2) is 21.3 Å². The molecule has 20 heavy (non-hydrogen) atoms. The van der Waals surface area contributed by atoms with Gasteiger partial charge >= 0.3 is 0 Å². The van der Waals surface area contributed by atoms with E-state index in [0.717, 1.165) is 22.7 Å². The maximum absolute atomic E-state index is 5.28. The summed E-state index contributed by atoms with van der Waals surface area (Å²) in [7, 11) is 4.92. The molecule has 0 spiro atoms. The first-order valence-electron chi connectivity index (χ1n) is 6.35. The summed E-state index contributed by atoms with van der Waals surface area (Å²) < 4.78 is 15.7. The van der Waals surface area contributed by atoms with E-state index in [0.29, 0.717) is 12.3 Å². The Kier molecular flexibility index (Phi) is 4.71. The van der Waals surface area contributed by atoms with Crippen LogP contribution in [0.15, 0.2) is 42.5 Å². The molecular formula is C16H19NO3. The molecule has 0 radical (unpaired) electrons. The standard InChI is InChI=1S/C16H19NO3/c1-18-14-6-4-5-12(9-14)11-17-13-7-8-15(19-2)16(10-13)20-3/h4-10,17H,11H2,1-3H3. The summed E-state index contributed by atoms with van der Waals surface area (Å²) in [4.78, 5) is 0. The van der Waals surface area contributed by atoms with Crippen molar-refractivity contribution in [2.45, 2.75) is 6.54 Å². The third kappa shape index (κ3) is 3.35. The van der Waals surface area contributed by atoms with E-state index in [1.54, 1.807) is 21.3 Å². The molecule has 0 saturated heterocycles. The van der Waals surface area contributed by atoms with Gasteiger partial charge in [0, 0.05) is 18.3 Å². The molecular weight excluding hydrogens is 254 g/mol. The van der Waals surface area contributed by atoms with Crippen molar-refractivity contribution in [2.24, 2.45) is 0 Å². The quantitative estimate of drug-likeness (QED) is 0.876. The van der Waals surface area contributed by atoms with Gasteiger partial charge in [0.1, 0.15) is 5.75 Å². The van der Waals surface area contributed by atoms with Crippen molar-refractivity contribution in [1.82, 2.24) is 0 Å². The number of anilines is 1. The molecule has 106 valence electrons. The van der Waals surface area contributed by atoms with Gasteiger partial charge in [0.25, 0.3) is 0 Å². The van der Waals surface area contributed by atoms with Gasteiger partial charge in [-0.05, 0) is 29.8 Å². The highest BCUT2D eigenvalue weighted by atomic mass is 16.5. The minimum atomic E-state index is 0.711. The highest BCUT2D eigenvalue weighted by Gasteiger charge is 2.04. The van der Waals surface area contributed by atoms with E-state index in [1.165, 1.54) is 0 Å². The highest BCUT2D eigenvalue weighted by Crippen LogP contribution is 2.29. The van der Waals surface area contributed by atoms with E-state index >= 15 is 0 Å². The Morgan fingerprint density at radius 2 is 1.65 bits per heavy atom. The fourth-order valence-electron chi connectivity index (χ4n) is 1.93. The fourth-order valence-corrected chi connectivity index (χ4v) is 1.93. The molecule has 0 amide bonds. The van der Waals surface area contributed by atoms with E-state index in [-0.39, 0.29) is 0 Å². The summed E-state index contributed by atoms with van der Waals surface area (Å²) in [6.07, 6.45) is 0. The Morgan fingerprint density at radius 3 is 2.35 bits per heavy atom. The zero-order valence-electron chi connectivity index (χ0n) is 12.0. The Morgan fingerprint density at radius 1 is 0.850 bits per heavy atom. The van der Waals surface area contributed by atoms with Crippen LogP contribution in [0.4, 0.5) is 5.69 Å². The smallest absolute Gasteiger partial charge is 0.162 e. The molecule has 1 N–H and O–H groups in total. The highest BCUT2D eigenvalue weighted by molar-refractivity contribution is 5.55. The van der Waals surface area contributed by atoms with Crippen LogP contribution in [0.1, 0.15) is 5.56 Å². The summed E-state index contributed by atoms with van der Waals surface area (Å²) in [5.74, 6) is 2.29. The summed E-state index contributed by atoms with van der Waals surface area (Å²) >= 11 is 0. The van der Waals surface area contributed by atoms with E-state index in [1.807, 2.05) is 36.4 Å². The van der Waals surface area contributed by atoms with Crippen molar-refractivity contribution in [2.75, 3.05) is 26.6 Å². The van der Waals surface area contributed by atoms with E-state index in [9.17, 15) is 0 Å². The first kappa shape index (κ1) is 14.1. The normalized spacial score (nSPS) is 9.95. The molecule has 0 fully saturated rings. The number of hydrogen-bond acceptors (Lipinski definition) is 4. The van der Waals surface area contributed by atoms with Crippen LogP contribution in [0.5, 0.6) is 17.2 Å². The zero-order chi connectivity index (χ0) is 14.4. The third-order valence-electron chi connectivity index (χ3n) is 3.01. The van der Waals surface area contributed by atoms with Crippen LogP contribution < -0.4 is 19.5 Å². The molecule has 0 aliphatic carbocycles. The largest absolute Gasteiger partial charge is 0.497 e. The lowest BCUT2D eigenvalue weighted by Crippen LogP contribution is -2.00. The molecule has 0 aliphatic heterocycles. The van der Waals surface area contributed by atoms with Crippen molar-refractivity contribution < 1.29 is 14.2 Å². The molecule has 4 nitrogen and oxygen atoms in total. The molecule has 4 heteroatoms. The number of nitrogens with one attached hydrogen (secondary N) is 1. The lowest BCUT2D eigenvalue weighted by atomic mass is 10.2. The molecule has 0 aliphatic rings. The number of ether oxygens (including phenoxy) is 3. The minimum absolute atomic E-state index is 0.711. The Labute approximate surface area is 119 Å². The predicted molar refractivity (Wildman–Crippen MR) is 79.9 cm³/mol. The van der Waals surface area contributed by atoms with Crippen molar-refractivity contribution in [3.8, 4) is 17.2 Å². The molecule has 2 aromatic rings. The molecule has 0 atom stereocenters. The number of hydrogen-bond donors (Lipinski definition) is 1. The fraction of sp³-hybridized carbons (Fsp3) is 0.250. The minimum Gasteiger partial charge on any atom is -0.497 e. The van der Waals surface area contributed by atoms with Crippen molar-refractivity contribution in [3.05, 3.63) is 48.0 Å². The van der Waals surface area contributed by atoms with Crippen LogP contribution in [-0.2, 0) is 6.54 Å². The molecule has 0 bridgehead atoms. The molecule has 0 heterocycles. The second-order valence-corrected chi connectivity index (χ2v) is 4.27. The maximum atomic E-state index is 5.28. The predicted octanol–water partition coefficient (Wildman–Crippen LogP) is 3.32. The summed E-state index contributed by atoms with van der Waals surface area (Å²) in [5.41, 5.74) is 2.13. The molecule has 0 aromatic heterocycles. The van der Waals surface area contributed by atoms with Crippen LogP contribution in [0.3, 0.4) is 0 Å². The van der Waals surface area contributed by atoms with Crippen LogP contribution in [0, 0.1) is 0 Å². The molecule has 2 rings (SSSR count). The van der Waals surface area contributed by atoms with Gasteiger partial charge in [-0.25, -0.2) is 0 Å². The lowest BCUT2D eigenvalue weighted by molar-refractivity contribution is 0.355. The van der Waals surface area contributed by atoms with Crippen molar-refractivity contribution >= 4 is 5.69 Å². The summed E-state index contributed by atoms with van der Waals surface area (Å²) in [6, 6.07) is 13.7. The zero-order valence-corrected chi connectivity index (χ0v) is 12.0. The number of methoxy groups -OCH3 is 3. The van der Waals surface area contributed by atoms with Gasteiger partial charge in [0.05, 0.1) is 21.3 Å². The first-order chi connectivity index (χ1) is 9.76. The third-order valence-corrected chi connectivity index (χ3v) is 3.01. The van der Waals surface area contributed by atoms with Gasteiger partial charge in [-0.1, -0.05) is 12.1 Å². The second kappa shape index (κ2) is 6.70. The van der Waals surface area contributed by atoms with E-state index in [2.05, 4.69) is 11.4 Å². The first-order valence-corrected chi connectivity index (χ1v) is 6.35.